The predicted octanol–water partition coefficient (Wildman–Crippen LogP) is 2.35. The number of hydrogen-bond donors (Lipinski definition) is 0. The first kappa shape index (κ1) is 27.6. The Morgan fingerprint density at radius 2 is 1.71 bits per heavy atom. The van der Waals surface area contributed by atoms with Crippen molar-refractivity contribution < 1.29 is 41.8 Å². The number of hydrogen-bond acceptors (Lipinski definition) is 8. The lowest BCUT2D eigenvalue weighted by Gasteiger charge is -2.35. The predicted molar refractivity (Wildman–Crippen MR) is 127 cm³/mol. The van der Waals surface area contributed by atoms with Gasteiger partial charge in [0.1, 0.15) is 0 Å². The molecule has 0 spiro atoms. The molecule has 3 heterocycles. The zero-order chi connectivity index (χ0) is 27.8. The number of halogens is 3. The Labute approximate surface area is 217 Å². The number of benzene rings is 1. The topological polar surface area (TPSA) is 109 Å². The van der Waals surface area contributed by atoms with E-state index < -0.39 is 35.9 Å². The molecule has 0 bridgehead atoms. The minimum absolute atomic E-state index is 0.0456. The monoisotopic (exact) mass is 538 g/mol. The zero-order valence-corrected chi connectivity index (χ0v) is 21.3. The van der Waals surface area contributed by atoms with Crippen LogP contribution in [-0.4, -0.2) is 89.7 Å². The molecule has 206 valence electrons. The molecule has 10 nitrogen and oxygen atoms in total. The smallest absolute Gasteiger partial charge is 0.422 e. The van der Waals surface area contributed by atoms with E-state index in [1.54, 1.807) is 19.9 Å². The molecule has 0 aromatic heterocycles. The van der Waals surface area contributed by atoms with Crippen LogP contribution in [0.3, 0.4) is 0 Å². The number of amides is 4. The second-order valence-corrected chi connectivity index (χ2v) is 10.0. The van der Waals surface area contributed by atoms with Crippen LogP contribution in [0.25, 0.3) is 0 Å². The van der Waals surface area contributed by atoms with Gasteiger partial charge in [-0.15, -0.1) is 0 Å². The van der Waals surface area contributed by atoms with Gasteiger partial charge in [0.15, 0.2) is 18.1 Å². The quantitative estimate of drug-likeness (QED) is 0.491. The van der Waals surface area contributed by atoms with E-state index >= 15 is 0 Å². The third kappa shape index (κ3) is 5.52. The second kappa shape index (κ2) is 10.4. The Morgan fingerprint density at radius 3 is 2.29 bits per heavy atom. The van der Waals surface area contributed by atoms with Gasteiger partial charge >= 0.3 is 6.18 Å². The molecule has 1 aromatic rings. The SMILES string of the molecule is COc1ccc(C2=NN(C3CCN(CC(=O)N4C(=O)CCC4=O)CC3)C(=O)C2(C)C)cc1OCC(F)(F)F. The van der Waals surface area contributed by atoms with E-state index in [0.717, 1.165) is 4.90 Å². The Morgan fingerprint density at radius 1 is 1.08 bits per heavy atom. The van der Waals surface area contributed by atoms with Gasteiger partial charge in [0, 0.05) is 31.5 Å². The average Bonchev–Trinajstić information content (AvgIpc) is 3.32. The lowest BCUT2D eigenvalue weighted by Crippen LogP contribution is -2.49. The lowest BCUT2D eigenvalue weighted by molar-refractivity contribution is -0.154. The highest BCUT2D eigenvalue weighted by Crippen LogP contribution is 2.38. The number of nitrogens with zero attached hydrogens (tertiary/aromatic N) is 4. The molecule has 0 radical (unpaired) electrons. The van der Waals surface area contributed by atoms with Crippen LogP contribution < -0.4 is 9.47 Å². The summed E-state index contributed by atoms with van der Waals surface area (Å²) in [6.45, 7) is 2.76. The van der Waals surface area contributed by atoms with Gasteiger partial charge in [-0.05, 0) is 44.9 Å². The summed E-state index contributed by atoms with van der Waals surface area (Å²) in [5.74, 6) is -1.74. The van der Waals surface area contributed by atoms with Crippen LogP contribution in [0.4, 0.5) is 13.2 Å². The van der Waals surface area contributed by atoms with Gasteiger partial charge in [-0.2, -0.15) is 18.3 Å². The molecule has 4 amide bonds. The minimum atomic E-state index is -4.53. The van der Waals surface area contributed by atoms with E-state index in [0.29, 0.717) is 37.2 Å². The van der Waals surface area contributed by atoms with Crippen LogP contribution in [0, 0.1) is 5.41 Å². The molecular formula is C25H29F3N4O6. The van der Waals surface area contributed by atoms with Crippen LogP contribution >= 0.6 is 0 Å². The van der Waals surface area contributed by atoms with E-state index in [4.69, 9.17) is 9.47 Å². The number of carbonyl (C=O) groups is 4. The number of piperidine rings is 1. The van der Waals surface area contributed by atoms with Gasteiger partial charge in [0.05, 0.1) is 30.8 Å². The van der Waals surface area contributed by atoms with E-state index in [1.807, 2.05) is 4.90 Å². The molecule has 38 heavy (non-hydrogen) atoms. The molecule has 0 aliphatic carbocycles. The fourth-order valence-electron chi connectivity index (χ4n) is 4.87. The van der Waals surface area contributed by atoms with Gasteiger partial charge in [-0.1, -0.05) is 0 Å². The zero-order valence-electron chi connectivity index (χ0n) is 21.3. The third-order valence-electron chi connectivity index (χ3n) is 6.93. The number of hydrazone groups is 1. The molecule has 0 saturated carbocycles. The highest BCUT2D eigenvalue weighted by Gasteiger charge is 2.47. The maximum atomic E-state index is 13.3. The standard InChI is InChI=1S/C25H29F3N4O6/c1-24(2)22(15-4-5-17(37-3)18(12-15)38-14-25(26,27)28)29-32(23(24)36)16-8-10-30(11-9-16)13-21(35)31-19(33)6-7-20(31)34/h4-5,12,16H,6-11,13-14H2,1-3H3. The molecule has 0 N–H and O–H groups in total. The fraction of sp³-hybridized carbons (Fsp3) is 0.560. The normalized spacial score (nSPS) is 20.8. The lowest BCUT2D eigenvalue weighted by atomic mass is 9.83. The summed E-state index contributed by atoms with van der Waals surface area (Å²) in [5.41, 5.74) is -0.211. The van der Waals surface area contributed by atoms with Crippen molar-refractivity contribution in [2.24, 2.45) is 10.5 Å². The summed E-state index contributed by atoms with van der Waals surface area (Å²) in [4.78, 5) is 52.0. The van der Waals surface area contributed by atoms with E-state index in [9.17, 15) is 32.3 Å². The molecular weight excluding hydrogens is 509 g/mol. The Hall–Kier alpha value is -3.48. The average molecular weight is 539 g/mol. The van der Waals surface area contributed by atoms with Crippen molar-refractivity contribution in [1.82, 2.24) is 14.8 Å². The van der Waals surface area contributed by atoms with Crippen LogP contribution in [0.5, 0.6) is 11.5 Å². The van der Waals surface area contributed by atoms with Gasteiger partial charge in [0.25, 0.3) is 5.91 Å². The molecule has 0 unspecified atom stereocenters. The summed E-state index contributed by atoms with van der Waals surface area (Å²) in [7, 11) is 1.32. The summed E-state index contributed by atoms with van der Waals surface area (Å²) in [6, 6.07) is 4.22. The molecule has 2 saturated heterocycles. The number of carbonyl (C=O) groups excluding carboxylic acids is 4. The summed E-state index contributed by atoms with van der Waals surface area (Å²) >= 11 is 0. The first-order chi connectivity index (χ1) is 17.8. The maximum absolute atomic E-state index is 13.3. The van der Waals surface area contributed by atoms with Crippen molar-refractivity contribution in [1.29, 1.82) is 0 Å². The molecule has 4 rings (SSSR count). The number of methoxy groups -OCH3 is 1. The third-order valence-corrected chi connectivity index (χ3v) is 6.93. The van der Waals surface area contributed by atoms with Crippen molar-refractivity contribution >= 4 is 29.3 Å². The first-order valence-electron chi connectivity index (χ1n) is 12.2. The number of ether oxygens (including phenoxy) is 2. The highest BCUT2D eigenvalue weighted by molar-refractivity contribution is 6.19. The van der Waals surface area contributed by atoms with Gasteiger partial charge in [-0.3, -0.25) is 24.1 Å². The number of rotatable bonds is 7. The molecule has 1 aromatic carbocycles. The van der Waals surface area contributed by atoms with Gasteiger partial charge in [-0.25, -0.2) is 9.91 Å². The van der Waals surface area contributed by atoms with Gasteiger partial charge in [0.2, 0.25) is 17.7 Å². The summed E-state index contributed by atoms with van der Waals surface area (Å²) in [5, 5.41) is 6.01. The van der Waals surface area contributed by atoms with Crippen molar-refractivity contribution in [2.75, 3.05) is 33.4 Å². The van der Waals surface area contributed by atoms with Gasteiger partial charge < -0.3 is 9.47 Å². The number of imide groups is 3. The van der Waals surface area contributed by atoms with Crippen LogP contribution in [-0.2, 0) is 19.2 Å². The fourth-order valence-corrected chi connectivity index (χ4v) is 4.87. The summed E-state index contributed by atoms with van der Waals surface area (Å²) in [6.07, 6.45) is -3.42. The highest BCUT2D eigenvalue weighted by atomic mass is 19.4. The van der Waals surface area contributed by atoms with Crippen molar-refractivity contribution in [3.05, 3.63) is 23.8 Å². The van der Waals surface area contributed by atoms with Crippen LogP contribution in [0.1, 0.15) is 45.1 Å². The van der Waals surface area contributed by atoms with Crippen molar-refractivity contribution in [3.8, 4) is 11.5 Å². The van der Waals surface area contributed by atoms with Crippen LogP contribution in [0.15, 0.2) is 23.3 Å². The largest absolute Gasteiger partial charge is 0.493 e. The Kier molecular flexibility index (Phi) is 7.51. The van der Waals surface area contributed by atoms with E-state index in [1.165, 1.54) is 24.3 Å². The molecule has 3 aliphatic heterocycles. The minimum Gasteiger partial charge on any atom is -0.493 e. The number of likely N-dealkylation sites (tertiary alicyclic amines) is 2. The Bertz CT molecular complexity index is 1160. The van der Waals surface area contributed by atoms with Crippen LogP contribution in [0.2, 0.25) is 0 Å². The van der Waals surface area contributed by atoms with E-state index in [-0.39, 0.29) is 42.8 Å². The number of alkyl halides is 3. The second-order valence-electron chi connectivity index (χ2n) is 10.0. The molecule has 2 fully saturated rings. The molecule has 0 atom stereocenters. The molecule has 3 aliphatic rings. The van der Waals surface area contributed by atoms with Crippen molar-refractivity contribution in [2.45, 2.75) is 51.7 Å². The molecule has 13 heteroatoms. The van der Waals surface area contributed by atoms with E-state index in [2.05, 4.69) is 5.10 Å². The first-order valence-corrected chi connectivity index (χ1v) is 12.2. The summed E-state index contributed by atoms with van der Waals surface area (Å²) < 4.78 is 48.2. The Balaban J connectivity index is 1.46. The maximum Gasteiger partial charge on any atom is 0.422 e. The van der Waals surface area contributed by atoms with Crippen molar-refractivity contribution in [3.63, 3.8) is 0 Å².